The maximum absolute atomic E-state index is 12.5. The van der Waals surface area contributed by atoms with Gasteiger partial charge in [-0.1, -0.05) is 12.0 Å². The van der Waals surface area contributed by atoms with Gasteiger partial charge in [0, 0.05) is 17.9 Å². The van der Waals surface area contributed by atoms with Gasteiger partial charge in [0.05, 0.1) is 50.0 Å². The first-order chi connectivity index (χ1) is 18.6. The number of hydrogen-bond donors (Lipinski definition) is 3. The zero-order valence-corrected chi connectivity index (χ0v) is 21.5. The topological polar surface area (TPSA) is 236 Å². The van der Waals surface area contributed by atoms with Gasteiger partial charge in [0.2, 0.25) is 5.91 Å². The number of H-pyrrole nitrogens is 1. The van der Waals surface area contributed by atoms with Crippen LogP contribution in [0.5, 0.6) is 0 Å². The number of aromatic amines is 1. The maximum atomic E-state index is 12.5. The van der Waals surface area contributed by atoms with E-state index in [4.69, 9.17) is 24.1 Å². The second kappa shape index (κ2) is 11.0. The number of aromatic nitrogens is 4. The molecule has 5 rings (SSSR count). The summed E-state index contributed by atoms with van der Waals surface area (Å²) in [4.78, 5) is 60.8. The molecule has 19 heteroatoms. The third-order valence-corrected chi connectivity index (χ3v) is 7.70. The molecular weight excluding hydrogens is 541 g/mol. The van der Waals surface area contributed by atoms with Crippen LogP contribution in [0.15, 0.2) is 22.6 Å². The molecule has 0 radical (unpaired) electrons. The highest BCUT2D eigenvalue weighted by atomic mass is 31.2. The molecule has 3 saturated heterocycles. The Morgan fingerprint density at radius 1 is 1.23 bits per heavy atom. The zero-order chi connectivity index (χ0) is 27.7. The summed E-state index contributed by atoms with van der Waals surface area (Å²) in [5, 5.41) is 5.90. The molecule has 0 aromatic carbocycles. The number of nitrogens with one attached hydrogen (secondary N) is 2. The Bertz CT molecular complexity index is 1410. The molecule has 7 atom stereocenters. The number of imide groups is 1. The van der Waals surface area contributed by atoms with Crippen LogP contribution in [0.4, 0.5) is 4.79 Å². The lowest BCUT2D eigenvalue weighted by Gasteiger charge is -2.34. The molecule has 0 spiro atoms. The van der Waals surface area contributed by atoms with E-state index < -0.39 is 63.0 Å². The van der Waals surface area contributed by atoms with Crippen LogP contribution < -0.4 is 10.9 Å². The highest BCUT2D eigenvalue weighted by Crippen LogP contribution is 2.45. The lowest BCUT2D eigenvalue weighted by Crippen LogP contribution is -2.57. The van der Waals surface area contributed by atoms with Gasteiger partial charge in [-0.05, 0) is 18.4 Å². The van der Waals surface area contributed by atoms with Gasteiger partial charge in [-0.25, -0.2) is 19.3 Å². The van der Waals surface area contributed by atoms with Crippen molar-refractivity contribution in [3.8, 4) is 0 Å². The third kappa shape index (κ3) is 5.81. The van der Waals surface area contributed by atoms with Crippen molar-refractivity contribution in [1.82, 2.24) is 29.7 Å². The van der Waals surface area contributed by atoms with E-state index in [1.165, 1.54) is 17.6 Å². The molecule has 3 N–H and O–H groups in total. The highest BCUT2D eigenvalue weighted by Gasteiger charge is 2.43. The minimum Gasteiger partial charge on any atom is -0.352 e. The molecule has 39 heavy (non-hydrogen) atoms. The predicted octanol–water partition coefficient (Wildman–Crippen LogP) is 0.913. The molecule has 18 nitrogen and oxygen atoms in total. The first-order valence-electron chi connectivity index (χ1n) is 12.1. The molecule has 210 valence electrons. The molecule has 0 bridgehead atoms. The quantitative estimate of drug-likeness (QED) is 0.167. The van der Waals surface area contributed by atoms with Crippen LogP contribution in [-0.4, -0.2) is 85.5 Å². The fourth-order valence-electron chi connectivity index (χ4n) is 4.72. The number of nitrogens with zero attached hydrogens (tertiary/aromatic N) is 7. The normalized spacial score (nSPS) is 30.8. The van der Waals surface area contributed by atoms with Gasteiger partial charge in [-0.15, -0.1) is 0 Å². The number of carbonyl (C=O) groups excluding carboxylic acids is 2. The Labute approximate surface area is 219 Å². The van der Waals surface area contributed by atoms with Gasteiger partial charge in [0.15, 0.2) is 11.2 Å². The number of phosphoric acid groups is 1. The molecule has 3 aliphatic heterocycles. The first kappa shape index (κ1) is 27.2. The third-order valence-electron chi connectivity index (χ3n) is 6.75. The zero-order valence-electron chi connectivity index (χ0n) is 20.7. The number of fused-ring (bicyclic) bond motifs is 1. The number of imidazole rings is 1. The number of phosphoric ester groups is 1. The van der Waals surface area contributed by atoms with E-state index in [-0.39, 0.29) is 30.6 Å². The monoisotopic (exact) mass is 567 g/mol. The number of ether oxygens (including phenoxy) is 2. The number of urea groups is 1. The van der Waals surface area contributed by atoms with E-state index in [1.54, 1.807) is 11.5 Å². The molecule has 7 unspecified atom stereocenters. The summed E-state index contributed by atoms with van der Waals surface area (Å²) < 4.78 is 36.1. The van der Waals surface area contributed by atoms with E-state index >= 15 is 0 Å². The van der Waals surface area contributed by atoms with Crippen LogP contribution in [0.1, 0.15) is 32.4 Å². The first-order valence-corrected chi connectivity index (χ1v) is 13.6. The second-order valence-electron chi connectivity index (χ2n) is 9.39. The van der Waals surface area contributed by atoms with Crippen LogP contribution in [-0.2, 0) is 27.9 Å². The lowest BCUT2D eigenvalue weighted by atomic mass is 10.1. The van der Waals surface area contributed by atoms with Gasteiger partial charge in [-0.2, -0.15) is 0 Å². The SMILES string of the molecule is CC1CN(C2CC(N=[N+]=[N-])C(COP(=O)(O)OCC3CCC(n4cnc5c(=O)[nH]cnc54)O3)O2)C(=O)NC1=O. The van der Waals surface area contributed by atoms with Crippen molar-refractivity contribution in [2.45, 2.75) is 56.9 Å². The van der Waals surface area contributed by atoms with E-state index in [0.717, 1.165) is 0 Å². The van der Waals surface area contributed by atoms with Crippen molar-refractivity contribution in [1.29, 1.82) is 0 Å². The standard InChI is InChI=1S/C20H26N9O9P/c1-10-5-28(20(32)25-18(10)30)15-4-12(26-27-21)13(38-15)7-36-39(33,34)35-6-11-2-3-14(37-11)29-9-24-16-17(29)22-8-23-19(16)31/h8-15H,2-7H2,1H3,(H,33,34)(H,22,23,31)(H,25,30,32). The van der Waals surface area contributed by atoms with Crippen LogP contribution in [0.3, 0.4) is 0 Å². The minimum absolute atomic E-state index is 0.108. The van der Waals surface area contributed by atoms with E-state index in [0.29, 0.717) is 18.5 Å². The summed E-state index contributed by atoms with van der Waals surface area (Å²) in [5.41, 5.74) is 9.07. The average molecular weight is 567 g/mol. The summed E-state index contributed by atoms with van der Waals surface area (Å²) in [6.45, 7) is 1.06. The molecule has 3 aliphatic rings. The molecular formula is C20H26N9O9P. The van der Waals surface area contributed by atoms with Crippen molar-refractivity contribution in [2.75, 3.05) is 19.8 Å². The van der Waals surface area contributed by atoms with Crippen molar-refractivity contribution < 1.29 is 37.6 Å². The fourth-order valence-corrected chi connectivity index (χ4v) is 5.49. The van der Waals surface area contributed by atoms with Crippen molar-refractivity contribution >= 4 is 30.9 Å². The Morgan fingerprint density at radius 2 is 2.03 bits per heavy atom. The molecule has 3 amide bonds. The average Bonchev–Trinajstić information content (AvgIpc) is 3.63. The van der Waals surface area contributed by atoms with Gasteiger partial charge in [0.25, 0.3) is 5.56 Å². The van der Waals surface area contributed by atoms with E-state index in [2.05, 4.69) is 30.3 Å². The summed E-state index contributed by atoms with van der Waals surface area (Å²) in [5.74, 6) is -0.864. The van der Waals surface area contributed by atoms with Crippen molar-refractivity contribution in [3.63, 3.8) is 0 Å². The minimum atomic E-state index is -4.56. The summed E-state index contributed by atoms with van der Waals surface area (Å²) >= 11 is 0. The summed E-state index contributed by atoms with van der Waals surface area (Å²) in [7, 11) is -4.56. The number of rotatable bonds is 9. The van der Waals surface area contributed by atoms with Gasteiger partial charge in [0.1, 0.15) is 12.5 Å². The van der Waals surface area contributed by atoms with Crippen LogP contribution in [0.2, 0.25) is 0 Å². The van der Waals surface area contributed by atoms with Crippen LogP contribution in [0, 0.1) is 5.92 Å². The number of hydrogen-bond acceptors (Lipinski definition) is 11. The Balaban J connectivity index is 1.13. The largest absolute Gasteiger partial charge is 0.472 e. The lowest BCUT2D eigenvalue weighted by molar-refractivity contribution is -0.128. The number of carbonyl (C=O) groups is 2. The Kier molecular flexibility index (Phi) is 7.68. The molecule has 5 heterocycles. The van der Waals surface area contributed by atoms with Gasteiger partial charge < -0.3 is 19.4 Å². The summed E-state index contributed by atoms with van der Waals surface area (Å²) in [6, 6.07) is -1.42. The number of azide groups is 1. The van der Waals surface area contributed by atoms with Gasteiger partial charge >= 0.3 is 13.9 Å². The van der Waals surface area contributed by atoms with Crippen LogP contribution >= 0.6 is 7.82 Å². The Hall–Kier alpha value is -3.37. The van der Waals surface area contributed by atoms with E-state index in [1.807, 2.05) is 0 Å². The highest BCUT2D eigenvalue weighted by molar-refractivity contribution is 7.47. The van der Waals surface area contributed by atoms with Gasteiger partial charge in [-0.3, -0.25) is 33.4 Å². The second-order valence-corrected chi connectivity index (χ2v) is 10.8. The smallest absolute Gasteiger partial charge is 0.352 e. The maximum Gasteiger partial charge on any atom is 0.472 e. The molecule has 2 aromatic heterocycles. The van der Waals surface area contributed by atoms with Crippen molar-refractivity contribution in [2.24, 2.45) is 11.0 Å². The Morgan fingerprint density at radius 3 is 2.82 bits per heavy atom. The van der Waals surface area contributed by atoms with Crippen molar-refractivity contribution in [3.05, 3.63) is 33.5 Å². The van der Waals surface area contributed by atoms with E-state index in [9.17, 15) is 23.8 Å². The molecule has 0 saturated carbocycles. The fraction of sp³-hybridized carbons (Fsp3) is 0.650. The molecule has 2 aromatic rings. The summed E-state index contributed by atoms with van der Waals surface area (Å²) in [6.07, 6.45) is 1.07. The molecule has 0 aliphatic carbocycles. The van der Waals surface area contributed by atoms with Crippen LogP contribution in [0.25, 0.3) is 21.6 Å². The predicted molar refractivity (Wildman–Crippen MR) is 129 cm³/mol. The number of amides is 3. The molecule has 3 fully saturated rings.